The Labute approximate surface area is 192 Å². The molecule has 0 saturated carbocycles. The van der Waals surface area contributed by atoms with Crippen LogP contribution >= 0.6 is 0 Å². The number of aromatic nitrogens is 4. The van der Waals surface area contributed by atoms with E-state index in [0.29, 0.717) is 11.5 Å². The fourth-order valence-electron chi connectivity index (χ4n) is 3.20. The van der Waals surface area contributed by atoms with Gasteiger partial charge in [0.15, 0.2) is 34.6 Å². The minimum atomic E-state index is -0.553. The largest absolute Gasteiger partial charge is 0.493 e. The van der Waals surface area contributed by atoms with Crippen molar-refractivity contribution in [1.29, 1.82) is 0 Å². The summed E-state index contributed by atoms with van der Waals surface area (Å²) in [5.74, 6) is 1.26. The van der Waals surface area contributed by atoms with Gasteiger partial charge in [-0.15, -0.1) is 20.4 Å². The standard InChI is InChI=1S/C20H20N6O8/c1-31-15-5-11(13(25(27)28)9-17(15)33-3)7-19-21-23-20(24-22-19)8-12-6-16(32-2)18(34-4)10-14(12)26(29)30/h5-6,9-10H,7-8H2,1-4H3. The van der Waals surface area contributed by atoms with Gasteiger partial charge in [0, 0.05) is 24.0 Å². The number of rotatable bonds is 10. The number of hydrogen-bond donors (Lipinski definition) is 0. The molecule has 0 unspecified atom stereocenters. The Kier molecular flexibility index (Phi) is 7.30. The van der Waals surface area contributed by atoms with Gasteiger partial charge < -0.3 is 18.9 Å². The number of nitrogens with zero attached hydrogens (tertiary/aromatic N) is 6. The number of nitro groups is 2. The van der Waals surface area contributed by atoms with E-state index in [0.717, 1.165) is 0 Å². The highest BCUT2D eigenvalue weighted by Gasteiger charge is 2.23. The van der Waals surface area contributed by atoms with Crippen molar-refractivity contribution in [3.05, 3.63) is 67.3 Å². The molecule has 0 atom stereocenters. The van der Waals surface area contributed by atoms with Gasteiger partial charge in [-0.3, -0.25) is 20.2 Å². The third kappa shape index (κ3) is 5.06. The summed E-state index contributed by atoms with van der Waals surface area (Å²) in [5, 5.41) is 38.9. The van der Waals surface area contributed by atoms with Crippen molar-refractivity contribution in [1.82, 2.24) is 20.4 Å². The highest BCUT2D eigenvalue weighted by atomic mass is 16.6. The average Bonchev–Trinajstić information content (AvgIpc) is 2.84. The first kappa shape index (κ1) is 24.0. The maximum Gasteiger partial charge on any atom is 0.277 e. The molecule has 0 bridgehead atoms. The zero-order valence-corrected chi connectivity index (χ0v) is 18.7. The van der Waals surface area contributed by atoms with Crippen LogP contribution in [0.1, 0.15) is 22.8 Å². The van der Waals surface area contributed by atoms with E-state index in [-0.39, 0.29) is 58.5 Å². The van der Waals surface area contributed by atoms with Crippen LogP contribution in [0.15, 0.2) is 24.3 Å². The average molecular weight is 472 g/mol. The molecule has 0 aliphatic carbocycles. The van der Waals surface area contributed by atoms with E-state index in [1.54, 1.807) is 0 Å². The number of nitro benzene ring substituents is 2. The summed E-state index contributed by atoms with van der Waals surface area (Å²) in [6.45, 7) is 0. The molecule has 0 spiro atoms. The fraction of sp³-hybridized carbons (Fsp3) is 0.300. The summed E-state index contributed by atoms with van der Waals surface area (Å²) in [6.07, 6.45) is -0.0963. The lowest BCUT2D eigenvalue weighted by atomic mass is 10.1. The van der Waals surface area contributed by atoms with Crippen LogP contribution in [0.2, 0.25) is 0 Å². The molecule has 1 heterocycles. The molecule has 14 nitrogen and oxygen atoms in total. The Morgan fingerprint density at radius 2 is 0.912 bits per heavy atom. The van der Waals surface area contributed by atoms with E-state index >= 15 is 0 Å². The molecule has 0 aliphatic rings. The van der Waals surface area contributed by atoms with Gasteiger partial charge >= 0.3 is 0 Å². The number of hydrogen-bond acceptors (Lipinski definition) is 12. The zero-order chi connectivity index (χ0) is 24.8. The van der Waals surface area contributed by atoms with E-state index in [9.17, 15) is 20.2 Å². The molecule has 0 fully saturated rings. The van der Waals surface area contributed by atoms with Crippen LogP contribution in [0.5, 0.6) is 23.0 Å². The van der Waals surface area contributed by atoms with E-state index < -0.39 is 9.85 Å². The van der Waals surface area contributed by atoms with Crippen molar-refractivity contribution in [3.63, 3.8) is 0 Å². The maximum atomic E-state index is 11.5. The highest BCUT2D eigenvalue weighted by molar-refractivity contribution is 5.56. The Morgan fingerprint density at radius 1 is 0.618 bits per heavy atom. The third-order valence-electron chi connectivity index (χ3n) is 4.82. The van der Waals surface area contributed by atoms with Gasteiger partial charge in [0.1, 0.15) is 0 Å². The van der Waals surface area contributed by atoms with Crippen LogP contribution in [-0.2, 0) is 12.8 Å². The second-order valence-electron chi connectivity index (χ2n) is 6.77. The van der Waals surface area contributed by atoms with Gasteiger partial charge in [-0.05, 0) is 12.1 Å². The third-order valence-corrected chi connectivity index (χ3v) is 4.82. The lowest BCUT2D eigenvalue weighted by molar-refractivity contribution is -0.385. The molecule has 34 heavy (non-hydrogen) atoms. The van der Waals surface area contributed by atoms with Crippen LogP contribution in [-0.4, -0.2) is 58.7 Å². The van der Waals surface area contributed by atoms with Crippen molar-refractivity contribution in [3.8, 4) is 23.0 Å². The van der Waals surface area contributed by atoms with Gasteiger partial charge in [-0.2, -0.15) is 0 Å². The molecule has 0 radical (unpaired) electrons. The van der Waals surface area contributed by atoms with Gasteiger partial charge in [0.2, 0.25) is 0 Å². The summed E-state index contributed by atoms with van der Waals surface area (Å²) in [4.78, 5) is 21.9. The molecular weight excluding hydrogens is 452 g/mol. The van der Waals surface area contributed by atoms with Crippen LogP contribution in [0.4, 0.5) is 11.4 Å². The predicted octanol–water partition coefficient (Wildman–Crippen LogP) is 2.30. The highest BCUT2D eigenvalue weighted by Crippen LogP contribution is 2.36. The summed E-state index contributed by atoms with van der Waals surface area (Å²) in [6, 6.07) is 5.42. The number of ether oxygens (including phenoxy) is 4. The second-order valence-corrected chi connectivity index (χ2v) is 6.77. The molecule has 0 aliphatic heterocycles. The molecule has 0 N–H and O–H groups in total. The van der Waals surface area contributed by atoms with Gasteiger partial charge in [0.05, 0.1) is 50.4 Å². The molecule has 178 valence electrons. The Morgan fingerprint density at radius 3 is 1.18 bits per heavy atom. The van der Waals surface area contributed by atoms with Crippen LogP contribution < -0.4 is 18.9 Å². The molecule has 0 saturated heterocycles. The molecule has 0 amide bonds. The SMILES string of the molecule is COc1cc(Cc2nnc(Cc3cc(OC)c(OC)cc3[N+](=O)[O-])nn2)c([N+](=O)[O-])cc1OC. The van der Waals surface area contributed by atoms with Gasteiger partial charge in [0.25, 0.3) is 11.4 Å². The molecule has 3 aromatic rings. The van der Waals surface area contributed by atoms with Crippen molar-refractivity contribution in [2.24, 2.45) is 0 Å². The summed E-state index contributed by atoms with van der Waals surface area (Å²) >= 11 is 0. The van der Waals surface area contributed by atoms with Gasteiger partial charge in [-0.25, -0.2) is 0 Å². The fourth-order valence-corrected chi connectivity index (χ4v) is 3.20. The molecule has 14 heteroatoms. The number of benzene rings is 2. The van der Waals surface area contributed by atoms with Crippen LogP contribution in [0.25, 0.3) is 0 Å². The minimum absolute atomic E-state index is 0.0482. The predicted molar refractivity (Wildman–Crippen MR) is 116 cm³/mol. The van der Waals surface area contributed by atoms with Crippen LogP contribution in [0, 0.1) is 20.2 Å². The van der Waals surface area contributed by atoms with Crippen LogP contribution in [0.3, 0.4) is 0 Å². The lowest BCUT2D eigenvalue weighted by Gasteiger charge is -2.10. The Balaban J connectivity index is 1.89. The summed E-state index contributed by atoms with van der Waals surface area (Å²) in [7, 11) is 5.57. The summed E-state index contributed by atoms with van der Waals surface area (Å²) < 4.78 is 20.6. The van der Waals surface area contributed by atoms with E-state index in [1.807, 2.05) is 0 Å². The molecule has 3 rings (SSSR count). The molecule has 1 aromatic heterocycles. The lowest BCUT2D eigenvalue weighted by Crippen LogP contribution is -2.09. The quantitative estimate of drug-likeness (QED) is 0.311. The monoisotopic (exact) mass is 472 g/mol. The zero-order valence-electron chi connectivity index (χ0n) is 18.7. The Hall–Kier alpha value is -4.62. The van der Waals surface area contributed by atoms with E-state index in [4.69, 9.17) is 18.9 Å². The molecule has 2 aromatic carbocycles. The van der Waals surface area contributed by atoms with E-state index in [2.05, 4.69) is 20.4 Å². The first-order valence-corrected chi connectivity index (χ1v) is 9.65. The van der Waals surface area contributed by atoms with Crippen molar-refractivity contribution >= 4 is 11.4 Å². The Bertz CT molecular complexity index is 1120. The maximum absolute atomic E-state index is 11.5. The second kappa shape index (κ2) is 10.3. The van der Waals surface area contributed by atoms with Gasteiger partial charge in [-0.1, -0.05) is 0 Å². The van der Waals surface area contributed by atoms with Crippen molar-refractivity contribution in [2.45, 2.75) is 12.8 Å². The minimum Gasteiger partial charge on any atom is -0.493 e. The first-order chi connectivity index (χ1) is 16.3. The van der Waals surface area contributed by atoms with Crippen molar-refractivity contribution in [2.75, 3.05) is 28.4 Å². The smallest absolute Gasteiger partial charge is 0.277 e. The first-order valence-electron chi connectivity index (χ1n) is 9.65. The normalized spacial score (nSPS) is 10.5. The van der Waals surface area contributed by atoms with E-state index in [1.165, 1.54) is 52.7 Å². The number of methoxy groups -OCH3 is 4. The van der Waals surface area contributed by atoms with Crippen molar-refractivity contribution < 1.29 is 28.8 Å². The molecular formula is C20H20N6O8. The topological polar surface area (TPSA) is 175 Å². The summed E-state index contributed by atoms with van der Waals surface area (Å²) in [5.41, 5.74) is 0.140.